The molecule has 0 bridgehead atoms. The van der Waals surface area contributed by atoms with Crippen LogP contribution in [-0.4, -0.2) is 41.9 Å². The molecule has 0 radical (unpaired) electrons. The van der Waals surface area contributed by atoms with Gasteiger partial charge in [0.25, 0.3) is 0 Å². The summed E-state index contributed by atoms with van der Waals surface area (Å²) in [5.74, 6) is 0.719. The standard InChI is InChI=1S/C24H26N6/c1-16-15-30(24-27-13-18-5-3-4-6-21(18)28-24)23-11-17(7-10-22(23)29(16)2)19(12-25)14-26-20-8-9-20/h3-7,10-14,16,20H,8-9,15,25H2,1-2H3. The normalized spacial score (nSPS) is 19.5. The fraction of sp³-hybridized carbons (Fsp3) is 0.292. The van der Waals surface area contributed by atoms with Gasteiger partial charge in [0.15, 0.2) is 0 Å². The van der Waals surface area contributed by atoms with Crippen LogP contribution in [0.4, 0.5) is 17.3 Å². The number of rotatable bonds is 4. The van der Waals surface area contributed by atoms with Gasteiger partial charge in [-0.2, -0.15) is 0 Å². The topological polar surface area (TPSA) is 70.6 Å². The average Bonchev–Trinajstić information content (AvgIpc) is 3.61. The van der Waals surface area contributed by atoms with Gasteiger partial charge in [-0.1, -0.05) is 24.3 Å². The number of hydrogen-bond acceptors (Lipinski definition) is 6. The van der Waals surface area contributed by atoms with Crippen LogP contribution >= 0.6 is 0 Å². The quantitative estimate of drug-likeness (QED) is 0.669. The van der Waals surface area contributed by atoms with Gasteiger partial charge in [-0.25, -0.2) is 9.97 Å². The number of fused-ring (bicyclic) bond motifs is 2. The molecule has 2 N–H and O–H groups in total. The molecule has 6 nitrogen and oxygen atoms in total. The number of aliphatic imine (C=N–C) groups is 1. The zero-order valence-corrected chi connectivity index (χ0v) is 17.4. The Morgan fingerprint density at radius 2 is 2.00 bits per heavy atom. The molecular formula is C24H26N6. The van der Waals surface area contributed by atoms with Crippen LogP contribution in [0.15, 0.2) is 59.9 Å². The van der Waals surface area contributed by atoms with Crippen molar-refractivity contribution in [1.82, 2.24) is 9.97 Å². The minimum absolute atomic E-state index is 0.333. The predicted octanol–water partition coefficient (Wildman–Crippen LogP) is 4.14. The molecule has 1 aliphatic heterocycles. The van der Waals surface area contributed by atoms with Gasteiger partial charge in [0, 0.05) is 49.2 Å². The molecular weight excluding hydrogens is 372 g/mol. The summed E-state index contributed by atoms with van der Waals surface area (Å²) >= 11 is 0. The van der Waals surface area contributed by atoms with E-state index < -0.39 is 0 Å². The highest BCUT2D eigenvalue weighted by Gasteiger charge is 2.29. The lowest BCUT2D eigenvalue weighted by atomic mass is 10.0. The molecule has 0 saturated heterocycles. The number of para-hydroxylation sites is 1. The van der Waals surface area contributed by atoms with Crippen molar-refractivity contribution in [2.24, 2.45) is 10.7 Å². The minimum atomic E-state index is 0.333. The average molecular weight is 399 g/mol. The monoisotopic (exact) mass is 398 g/mol. The van der Waals surface area contributed by atoms with Crippen LogP contribution in [0, 0.1) is 0 Å². The van der Waals surface area contributed by atoms with Crippen molar-refractivity contribution < 1.29 is 0 Å². The van der Waals surface area contributed by atoms with E-state index in [-0.39, 0.29) is 0 Å². The third-order valence-electron chi connectivity index (χ3n) is 5.96. The van der Waals surface area contributed by atoms with E-state index in [4.69, 9.17) is 10.7 Å². The lowest BCUT2D eigenvalue weighted by molar-refractivity contribution is 0.654. The van der Waals surface area contributed by atoms with Crippen LogP contribution < -0.4 is 15.5 Å². The Labute approximate surface area is 176 Å². The second-order valence-corrected chi connectivity index (χ2v) is 8.13. The number of benzene rings is 2. The number of nitrogens with zero attached hydrogens (tertiary/aromatic N) is 5. The second kappa shape index (κ2) is 7.44. The first-order valence-electron chi connectivity index (χ1n) is 10.5. The molecule has 152 valence electrons. The Kier molecular flexibility index (Phi) is 4.62. The molecule has 1 saturated carbocycles. The summed E-state index contributed by atoms with van der Waals surface area (Å²) < 4.78 is 0. The van der Waals surface area contributed by atoms with E-state index in [1.54, 1.807) is 6.20 Å². The lowest BCUT2D eigenvalue weighted by Crippen LogP contribution is -2.44. The number of likely N-dealkylation sites (N-methyl/N-ethyl adjacent to an activating group) is 1. The van der Waals surface area contributed by atoms with Crippen LogP contribution in [-0.2, 0) is 0 Å². The molecule has 0 amide bonds. The Hall–Kier alpha value is -3.41. The Morgan fingerprint density at radius 1 is 1.17 bits per heavy atom. The molecule has 2 aliphatic rings. The molecule has 3 aromatic rings. The van der Waals surface area contributed by atoms with Crippen molar-refractivity contribution in [2.45, 2.75) is 31.8 Å². The number of aromatic nitrogens is 2. The molecule has 0 spiro atoms. The van der Waals surface area contributed by atoms with Crippen LogP contribution in [0.3, 0.4) is 0 Å². The maximum Gasteiger partial charge on any atom is 0.230 e. The van der Waals surface area contributed by atoms with Crippen molar-refractivity contribution in [3.05, 3.63) is 60.4 Å². The highest BCUT2D eigenvalue weighted by Crippen LogP contribution is 2.39. The molecule has 5 rings (SSSR count). The number of nitrogens with two attached hydrogens (primary N) is 1. The summed E-state index contributed by atoms with van der Waals surface area (Å²) in [6, 6.07) is 15.3. The van der Waals surface area contributed by atoms with Gasteiger partial charge in [-0.05, 0) is 43.5 Å². The largest absolute Gasteiger partial charge is 0.404 e. The third kappa shape index (κ3) is 3.38. The van der Waals surface area contributed by atoms with Crippen molar-refractivity contribution >= 4 is 40.0 Å². The van der Waals surface area contributed by atoms with Gasteiger partial charge >= 0.3 is 0 Å². The summed E-state index contributed by atoms with van der Waals surface area (Å²) in [5, 5.41) is 1.04. The summed E-state index contributed by atoms with van der Waals surface area (Å²) in [6.45, 7) is 3.03. The molecule has 1 fully saturated rings. The van der Waals surface area contributed by atoms with Gasteiger partial charge in [0.1, 0.15) is 0 Å². The van der Waals surface area contributed by atoms with Gasteiger partial charge in [-0.3, -0.25) is 4.99 Å². The van der Waals surface area contributed by atoms with Crippen LogP contribution in [0.2, 0.25) is 0 Å². The van der Waals surface area contributed by atoms with E-state index in [1.165, 1.54) is 12.8 Å². The van der Waals surface area contributed by atoms with Gasteiger partial charge in [-0.15, -0.1) is 0 Å². The second-order valence-electron chi connectivity index (χ2n) is 8.13. The third-order valence-corrected chi connectivity index (χ3v) is 5.96. The molecule has 1 unspecified atom stereocenters. The van der Waals surface area contributed by atoms with Gasteiger partial charge < -0.3 is 15.5 Å². The molecule has 2 heterocycles. The molecule has 30 heavy (non-hydrogen) atoms. The highest BCUT2D eigenvalue weighted by atomic mass is 15.3. The van der Waals surface area contributed by atoms with Gasteiger partial charge in [0.2, 0.25) is 5.95 Å². The molecule has 2 aromatic carbocycles. The number of allylic oxidation sites excluding steroid dienone is 1. The molecule has 1 atom stereocenters. The lowest BCUT2D eigenvalue weighted by Gasteiger charge is -2.40. The summed E-state index contributed by atoms with van der Waals surface area (Å²) in [7, 11) is 2.13. The Bertz CT molecular complexity index is 1150. The SMILES string of the molecule is CC1CN(c2ncc3ccccc3n2)c2cc(C(C=NC3CC3)=CN)ccc2N1C. The van der Waals surface area contributed by atoms with E-state index in [0.29, 0.717) is 12.1 Å². The van der Waals surface area contributed by atoms with E-state index in [1.807, 2.05) is 36.7 Å². The summed E-state index contributed by atoms with van der Waals surface area (Å²) in [4.78, 5) is 18.7. The van der Waals surface area contributed by atoms with Gasteiger partial charge in [0.05, 0.1) is 22.9 Å². The van der Waals surface area contributed by atoms with Crippen LogP contribution in [0.5, 0.6) is 0 Å². The number of hydrogen-bond donors (Lipinski definition) is 1. The van der Waals surface area contributed by atoms with Crippen molar-refractivity contribution in [3.63, 3.8) is 0 Å². The maximum absolute atomic E-state index is 5.94. The Morgan fingerprint density at radius 3 is 2.80 bits per heavy atom. The van der Waals surface area contributed by atoms with E-state index in [2.05, 4.69) is 51.9 Å². The first kappa shape index (κ1) is 18.6. The Balaban J connectivity index is 1.58. The predicted molar refractivity (Wildman–Crippen MR) is 125 cm³/mol. The fourth-order valence-corrected chi connectivity index (χ4v) is 3.84. The zero-order chi connectivity index (χ0) is 20.7. The van der Waals surface area contributed by atoms with Crippen molar-refractivity contribution in [3.8, 4) is 0 Å². The van der Waals surface area contributed by atoms with Crippen LogP contribution in [0.1, 0.15) is 25.3 Å². The molecule has 1 aliphatic carbocycles. The van der Waals surface area contributed by atoms with Crippen LogP contribution in [0.25, 0.3) is 16.5 Å². The van der Waals surface area contributed by atoms with Crippen molar-refractivity contribution in [1.29, 1.82) is 0 Å². The van der Waals surface area contributed by atoms with E-state index in [9.17, 15) is 0 Å². The first-order valence-corrected chi connectivity index (χ1v) is 10.5. The summed E-state index contributed by atoms with van der Waals surface area (Å²) in [6.07, 6.45) is 7.80. The summed E-state index contributed by atoms with van der Waals surface area (Å²) in [5.41, 5.74) is 11.1. The maximum atomic E-state index is 5.94. The number of anilines is 3. The van der Waals surface area contributed by atoms with E-state index in [0.717, 1.165) is 45.9 Å². The molecule has 1 aromatic heterocycles. The first-order chi connectivity index (χ1) is 14.6. The zero-order valence-electron chi connectivity index (χ0n) is 17.4. The van der Waals surface area contributed by atoms with Crippen molar-refractivity contribution in [2.75, 3.05) is 23.4 Å². The minimum Gasteiger partial charge on any atom is -0.404 e. The molecule has 6 heteroatoms. The van der Waals surface area contributed by atoms with E-state index >= 15 is 0 Å². The highest BCUT2D eigenvalue weighted by molar-refractivity contribution is 6.10. The fourth-order valence-electron chi connectivity index (χ4n) is 3.84. The smallest absolute Gasteiger partial charge is 0.230 e.